The van der Waals surface area contributed by atoms with E-state index >= 15 is 0 Å². The summed E-state index contributed by atoms with van der Waals surface area (Å²) < 4.78 is 2.13. The summed E-state index contributed by atoms with van der Waals surface area (Å²) in [5.41, 5.74) is 1.27. The predicted octanol–water partition coefficient (Wildman–Crippen LogP) is 4.56. The summed E-state index contributed by atoms with van der Waals surface area (Å²) in [7, 11) is 0. The monoisotopic (exact) mass is 337 g/mol. The third-order valence-corrected chi connectivity index (χ3v) is 5.36. The second kappa shape index (κ2) is 11.1. The van der Waals surface area contributed by atoms with Crippen LogP contribution in [-0.2, 0) is 6.54 Å². The average molecular weight is 338 g/mol. The zero-order valence-electron chi connectivity index (χ0n) is 14.9. The molecule has 23 heavy (non-hydrogen) atoms. The molecular weight excluding hydrogens is 302 g/mol. The predicted molar refractivity (Wildman–Crippen MR) is 102 cm³/mol. The lowest BCUT2D eigenvalue weighted by molar-refractivity contribution is 0.168. The average Bonchev–Trinajstić information content (AvgIpc) is 2.96. The van der Waals surface area contributed by atoms with Crippen LogP contribution < -0.4 is 0 Å². The van der Waals surface area contributed by atoms with E-state index < -0.39 is 0 Å². The topological polar surface area (TPSA) is 21.1 Å². The molecule has 4 heteroatoms. The van der Waals surface area contributed by atoms with Crippen molar-refractivity contribution in [2.75, 3.05) is 25.4 Å². The van der Waals surface area contributed by atoms with Gasteiger partial charge in [0.15, 0.2) is 0 Å². The van der Waals surface area contributed by atoms with Crippen LogP contribution in [0.1, 0.15) is 63.4 Å². The molecular formula is C19H35N3S. The maximum absolute atomic E-state index is 4.42. The molecule has 0 saturated carbocycles. The molecule has 0 N–H and O–H groups in total. The van der Waals surface area contributed by atoms with Crippen LogP contribution in [0.2, 0.25) is 0 Å². The van der Waals surface area contributed by atoms with Crippen molar-refractivity contribution in [1.29, 1.82) is 0 Å². The molecule has 2 rings (SSSR count). The first kappa shape index (κ1) is 18.9. The molecule has 0 unspecified atom stereocenters. The Morgan fingerprint density at radius 1 is 1.04 bits per heavy atom. The number of aryl methyl sites for hydroxylation is 1. The van der Waals surface area contributed by atoms with Gasteiger partial charge >= 0.3 is 0 Å². The minimum absolute atomic E-state index is 0.817. The van der Waals surface area contributed by atoms with E-state index in [4.69, 9.17) is 0 Å². The SMILES string of the molecule is Cc1cnn(CC2CCN(CCCCCCCCCS)CC2)c1. The molecule has 1 aromatic rings. The van der Waals surface area contributed by atoms with Crippen molar-refractivity contribution in [1.82, 2.24) is 14.7 Å². The first-order valence-corrected chi connectivity index (χ1v) is 10.2. The molecule has 0 atom stereocenters. The molecule has 0 bridgehead atoms. The number of rotatable bonds is 11. The van der Waals surface area contributed by atoms with Crippen LogP contribution in [-0.4, -0.2) is 40.1 Å². The highest BCUT2D eigenvalue weighted by Gasteiger charge is 2.19. The van der Waals surface area contributed by atoms with E-state index in [2.05, 4.69) is 40.4 Å². The second-order valence-corrected chi connectivity index (χ2v) is 7.67. The van der Waals surface area contributed by atoms with Gasteiger partial charge in [-0.3, -0.25) is 4.68 Å². The van der Waals surface area contributed by atoms with Gasteiger partial charge in [0.25, 0.3) is 0 Å². The Labute approximate surface area is 148 Å². The Bertz CT molecular complexity index is 411. The molecule has 2 heterocycles. The van der Waals surface area contributed by atoms with Crippen molar-refractivity contribution in [3.8, 4) is 0 Å². The summed E-state index contributed by atoms with van der Waals surface area (Å²) in [6.07, 6.45) is 16.5. The minimum atomic E-state index is 0.817. The Morgan fingerprint density at radius 3 is 2.30 bits per heavy atom. The Morgan fingerprint density at radius 2 is 1.70 bits per heavy atom. The van der Waals surface area contributed by atoms with Gasteiger partial charge in [-0.1, -0.05) is 32.1 Å². The van der Waals surface area contributed by atoms with Crippen LogP contribution in [0.4, 0.5) is 0 Å². The lowest BCUT2D eigenvalue weighted by atomic mass is 9.96. The van der Waals surface area contributed by atoms with E-state index in [1.165, 1.54) is 83.0 Å². The van der Waals surface area contributed by atoms with E-state index in [0.29, 0.717) is 0 Å². The van der Waals surface area contributed by atoms with Gasteiger partial charge in [0.2, 0.25) is 0 Å². The summed E-state index contributed by atoms with van der Waals surface area (Å²) in [5.74, 6) is 1.87. The molecule has 1 aliphatic rings. The van der Waals surface area contributed by atoms with Crippen molar-refractivity contribution in [3.63, 3.8) is 0 Å². The van der Waals surface area contributed by atoms with Gasteiger partial charge in [0.05, 0.1) is 6.20 Å². The van der Waals surface area contributed by atoms with E-state index in [1.54, 1.807) is 0 Å². The Kier molecular flexibility index (Phi) is 9.13. The van der Waals surface area contributed by atoms with E-state index in [0.717, 1.165) is 18.2 Å². The maximum atomic E-state index is 4.42. The number of thiol groups is 1. The fourth-order valence-corrected chi connectivity index (χ4v) is 3.78. The van der Waals surface area contributed by atoms with Gasteiger partial charge in [0.1, 0.15) is 0 Å². The highest BCUT2D eigenvalue weighted by atomic mass is 32.1. The maximum Gasteiger partial charge on any atom is 0.0518 e. The molecule has 0 aliphatic carbocycles. The number of hydrogen-bond acceptors (Lipinski definition) is 3. The number of unbranched alkanes of at least 4 members (excludes halogenated alkanes) is 6. The fraction of sp³-hybridized carbons (Fsp3) is 0.842. The fourth-order valence-electron chi connectivity index (χ4n) is 3.56. The van der Waals surface area contributed by atoms with Crippen LogP contribution in [0.25, 0.3) is 0 Å². The molecule has 0 amide bonds. The molecule has 3 nitrogen and oxygen atoms in total. The second-order valence-electron chi connectivity index (χ2n) is 7.22. The molecule has 0 aromatic carbocycles. The lowest BCUT2D eigenvalue weighted by Gasteiger charge is -2.31. The quantitative estimate of drug-likeness (QED) is 0.472. The van der Waals surface area contributed by atoms with Crippen molar-refractivity contribution in [2.24, 2.45) is 5.92 Å². The number of nitrogens with zero attached hydrogens (tertiary/aromatic N) is 3. The summed E-state index contributed by atoms with van der Waals surface area (Å²) in [6, 6.07) is 0. The Hall–Kier alpha value is -0.480. The number of piperidine rings is 1. The molecule has 1 aliphatic heterocycles. The van der Waals surface area contributed by atoms with E-state index in [9.17, 15) is 0 Å². The van der Waals surface area contributed by atoms with E-state index in [-0.39, 0.29) is 0 Å². The highest BCUT2D eigenvalue weighted by molar-refractivity contribution is 7.80. The molecule has 0 radical (unpaired) electrons. The molecule has 132 valence electrons. The first-order chi connectivity index (χ1) is 11.3. The summed E-state index contributed by atoms with van der Waals surface area (Å²) in [4.78, 5) is 2.67. The zero-order valence-corrected chi connectivity index (χ0v) is 15.8. The van der Waals surface area contributed by atoms with Gasteiger partial charge < -0.3 is 4.90 Å². The Balaban J connectivity index is 1.47. The van der Waals surface area contributed by atoms with Crippen LogP contribution >= 0.6 is 12.6 Å². The van der Waals surface area contributed by atoms with Gasteiger partial charge in [-0.25, -0.2) is 0 Å². The van der Waals surface area contributed by atoms with Gasteiger partial charge in [-0.05, 0) is 69.5 Å². The number of likely N-dealkylation sites (tertiary alicyclic amines) is 1. The van der Waals surface area contributed by atoms with E-state index in [1.807, 2.05) is 6.20 Å². The van der Waals surface area contributed by atoms with Crippen molar-refractivity contribution in [3.05, 3.63) is 18.0 Å². The van der Waals surface area contributed by atoms with Crippen LogP contribution in [0.15, 0.2) is 12.4 Å². The normalized spacial score (nSPS) is 17.0. The lowest BCUT2D eigenvalue weighted by Crippen LogP contribution is -2.35. The van der Waals surface area contributed by atoms with Crippen LogP contribution in [0, 0.1) is 12.8 Å². The van der Waals surface area contributed by atoms with Crippen molar-refractivity contribution in [2.45, 2.75) is 71.3 Å². The summed E-state index contributed by atoms with van der Waals surface area (Å²) in [6.45, 7) is 7.10. The van der Waals surface area contributed by atoms with Gasteiger partial charge in [0, 0.05) is 12.7 Å². The molecule has 0 spiro atoms. The number of aromatic nitrogens is 2. The van der Waals surface area contributed by atoms with Crippen molar-refractivity contribution >= 4 is 12.6 Å². The minimum Gasteiger partial charge on any atom is -0.303 e. The molecule has 1 saturated heterocycles. The summed E-state index contributed by atoms with van der Waals surface area (Å²) >= 11 is 4.26. The van der Waals surface area contributed by atoms with Crippen LogP contribution in [0.3, 0.4) is 0 Å². The van der Waals surface area contributed by atoms with Gasteiger partial charge in [-0.15, -0.1) is 0 Å². The zero-order chi connectivity index (χ0) is 16.3. The van der Waals surface area contributed by atoms with Crippen molar-refractivity contribution < 1.29 is 0 Å². The first-order valence-electron chi connectivity index (χ1n) is 9.60. The number of hydrogen-bond donors (Lipinski definition) is 1. The standard InChI is InChI=1S/C19H35N3S/c1-18-15-20-22(16-18)17-19-9-12-21(13-10-19)11-7-5-3-2-4-6-8-14-23/h15-16,19,23H,2-14,17H2,1H3. The smallest absolute Gasteiger partial charge is 0.0518 e. The largest absolute Gasteiger partial charge is 0.303 e. The van der Waals surface area contributed by atoms with Crippen LogP contribution in [0.5, 0.6) is 0 Å². The highest BCUT2D eigenvalue weighted by Crippen LogP contribution is 2.19. The molecule has 1 fully saturated rings. The van der Waals surface area contributed by atoms with Gasteiger partial charge in [-0.2, -0.15) is 17.7 Å². The summed E-state index contributed by atoms with van der Waals surface area (Å²) in [5, 5.41) is 4.42. The molecule has 1 aromatic heterocycles. The third kappa shape index (κ3) is 7.75. The third-order valence-electron chi connectivity index (χ3n) is 5.05.